The van der Waals surface area contributed by atoms with Gasteiger partial charge in [-0.05, 0) is 64.3 Å². The van der Waals surface area contributed by atoms with Crippen LogP contribution < -0.4 is 10.1 Å². The maximum atomic E-state index is 12.6. The van der Waals surface area contributed by atoms with E-state index in [1.807, 2.05) is 31.2 Å². The summed E-state index contributed by atoms with van der Waals surface area (Å²) in [7, 11) is 0. The molecule has 2 aromatic rings. The molecule has 7 nitrogen and oxygen atoms in total. The highest BCUT2D eigenvalue weighted by Gasteiger charge is 2.27. The average Bonchev–Trinajstić information content (AvgIpc) is 3.03. The van der Waals surface area contributed by atoms with Crippen molar-refractivity contribution in [3.63, 3.8) is 0 Å². The number of ether oxygens (including phenoxy) is 3. The van der Waals surface area contributed by atoms with E-state index >= 15 is 0 Å². The molecule has 0 spiro atoms. The van der Waals surface area contributed by atoms with Gasteiger partial charge >= 0.3 is 11.9 Å². The van der Waals surface area contributed by atoms with Crippen molar-refractivity contribution in [2.75, 3.05) is 18.5 Å². The monoisotopic (exact) mass is 447 g/mol. The first-order valence-electron chi connectivity index (χ1n) is 10.3. The van der Waals surface area contributed by atoms with Gasteiger partial charge in [0, 0.05) is 6.42 Å². The molecule has 0 saturated carbocycles. The summed E-state index contributed by atoms with van der Waals surface area (Å²) in [6, 6.07) is 7.56. The van der Waals surface area contributed by atoms with Crippen LogP contribution in [0.1, 0.15) is 65.3 Å². The number of anilines is 1. The van der Waals surface area contributed by atoms with Gasteiger partial charge in [-0.3, -0.25) is 4.79 Å². The van der Waals surface area contributed by atoms with Crippen molar-refractivity contribution in [3.8, 4) is 5.75 Å². The highest BCUT2D eigenvalue weighted by molar-refractivity contribution is 7.18. The fraction of sp³-hybridized carbons (Fsp3) is 0.435. The van der Waals surface area contributed by atoms with Gasteiger partial charge in [-0.15, -0.1) is 11.3 Å². The molecule has 0 atom stereocenters. The van der Waals surface area contributed by atoms with Crippen LogP contribution in [0.5, 0.6) is 5.75 Å². The summed E-state index contributed by atoms with van der Waals surface area (Å²) in [5.74, 6) is -0.589. The second-order valence-corrected chi connectivity index (χ2v) is 8.08. The number of hydrogen-bond donors (Lipinski definition) is 1. The molecule has 1 heterocycles. The zero-order valence-corrected chi connectivity index (χ0v) is 19.4. The van der Waals surface area contributed by atoms with Gasteiger partial charge in [-0.25, -0.2) is 9.59 Å². The van der Waals surface area contributed by atoms with Gasteiger partial charge in [0.15, 0.2) is 0 Å². The zero-order chi connectivity index (χ0) is 23.0. The van der Waals surface area contributed by atoms with Crippen molar-refractivity contribution in [1.29, 1.82) is 0 Å². The molecule has 31 heavy (non-hydrogen) atoms. The molecule has 0 unspecified atom stereocenters. The first kappa shape index (κ1) is 24.4. The standard InChI is InChI=1S/C23H29NO6S/c1-6-28-17-11-8-16(9-12-17)10-13-18(25)24-21-19(22(26)29-7-2)15(5)20(31-21)23(27)30-14(3)4/h8-9,11-12,14H,6-7,10,13H2,1-5H3,(H,24,25). The van der Waals surface area contributed by atoms with E-state index in [1.165, 1.54) is 0 Å². The minimum atomic E-state index is -0.582. The van der Waals surface area contributed by atoms with Crippen LogP contribution in [0.25, 0.3) is 0 Å². The predicted octanol–water partition coefficient (Wildman–Crippen LogP) is 4.77. The van der Waals surface area contributed by atoms with E-state index in [2.05, 4.69) is 5.32 Å². The number of carbonyl (C=O) groups excluding carboxylic acids is 3. The van der Waals surface area contributed by atoms with E-state index in [4.69, 9.17) is 14.2 Å². The Labute approximate surface area is 186 Å². The van der Waals surface area contributed by atoms with Crippen LogP contribution in [0, 0.1) is 6.92 Å². The lowest BCUT2D eigenvalue weighted by molar-refractivity contribution is -0.116. The molecule has 0 bridgehead atoms. The van der Waals surface area contributed by atoms with Crippen molar-refractivity contribution in [2.45, 2.75) is 53.6 Å². The summed E-state index contributed by atoms with van der Waals surface area (Å²) < 4.78 is 15.8. The van der Waals surface area contributed by atoms with E-state index in [-0.39, 0.29) is 35.5 Å². The number of carbonyl (C=O) groups is 3. The van der Waals surface area contributed by atoms with Gasteiger partial charge < -0.3 is 19.5 Å². The molecule has 0 fully saturated rings. The third kappa shape index (κ3) is 6.82. The Morgan fingerprint density at radius 2 is 1.71 bits per heavy atom. The van der Waals surface area contributed by atoms with Crippen LogP contribution in [0.2, 0.25) is 0 Å². The number of aryl methyl sites for hydroxylation is 1. The third-order valence-corrected chi connectivity index (χ3v) is 5.47. The Hall–Kier alpha value is -2.87. The molecule has 168 valence electrons. The number of esters is 2. The van der Waals surface area contributed by atoms with Gasteiger partial charge in [0.05, 0.1) is 24.9 Å². The largest absolute Gasteiger partial charge is 0.494 e. The third-order valence-electron chi connectivity index (χ3n) is 4.28. The minimum absolute atomic E-state index is 0.186. The molecule has 0 aliphatic heterocycles. The Balaban J connectivity index is 2.14. The van der Waals surface area contributed by atoms with Gasteiger partial charge in [0.1, 0.15) is 15.6 Å². The van der Waals surface area contributed by atoms with Crippen LogP contribution in [-0.4, -0.2) is 37.2 Å². The molecule has 1 N–H and O–H groups in total. The normalized spacial score (nSPS) is 10.6. The predicted molar refractivity (Wildman–Crippen MR) is 120 cm³/mol. The lowest BCUT2D eigenvalue weighted by atomic mass is 10.1. The van der Waals surface area contributed by atoms with Crippen molar-refractivity contribution in [3.05, 3.63) is 45.8 Å². The Morgan fingerprint density at radius 3 is 2.29 bits per heavy atom. The van der Waals surface area contributed by atoms with Crippen LogP contribution in [0.4, 0.5) is 5.00 Å². The van der Waals surface area contributed by atoms with Gasteiger partial charge in [-0.2, -0.15) is 0 Å². The smallest absolute Gasteiger partial charge is 0.348 e. The second kappa shape index (κ2) is 11.5. The van der Waals surface area contributed by atoms with Crippen molar-refractivity contribution in [2.24, 2.45) is 0 Å². The Bertz CT molecular complexity index is 917. The minimum Gasteiger partial charge on any atom is -0.494 e. The molecular weight excluding hydrogens is 418 g/mol. The SMILES string of the molecule is CCOC(=O)c1c(NC(=O)CCc2ccc(OCC)cc2)sc(C(=O)OC(C)C)c1C. The molecule has 1 aromatic heterocycles. The van der Waals surface area contributed by atoms with Gasteiger partial charge in [-0.1, -0.05) is 12.1 Å². The Kier molecular flexibility index (Phi) is 9.05. The number of rotatable bonds is 10. The summed E-state index contributed by atoms with van der Waals surface area (Å²) in [4.78, 5) is 37.7. The first-order chi connectivity index (χ1) is 14.8. The van der Waals surface area contributed by atoms with Crippen molar-refractivity contribution < 1.29 is 28.6 Å². The lowest BCUT2D eigenvalue weighted by Gasteiger charge is -2.08. The van der Waals surface area contributed by atoms with Crippen LogP contribution in [-0.2, 0) is 20.7 Å². The fourth-order valence-electron chi connectivity index (χ4n) is 2.88. The second-order valence-electron chi connectivity index (χ2n) is 7.06. The van der Waals surface area contributed by atoms with E-state index in [9.17, 15) is 14.4 Å². The summed E-state index contributed by atoms with van der Waals surface area (Å²) in [5, 5.41) is 3.06. The number of hydrogen-bond acceptors (Lipinski definition) is 7. The molecule has 1 amide bonds. The number of nitrogens with one attached hydrogen (secondary N) is 1. The van der Waals surface area contributed by atoms with Crippen molar-refractivity contribution >= 4 is 34.2 Å². The van der Waals surface area contributed by atoms with Crippen LogP contribution in [0.3, 0.4) is 0 Å². The van der Waals surface area contributed by atoms with Gasteiger partial charge in [0.25, 0.3) is 0 Å². The molecule has 0 aliphatic carbocycles. The first-order valence-corrected chi connectivity index (χ1v) is 11.1. The fourth-order valence-corrected chi connectivity index (χ4v) is 3.97. The lowest BCUT2D eigenvalue weighted by Crippen LogP contribution is -2.15. The maximum Gasteiger partial charge on any atom is 0.348 e. The molecule has 1 aromatic carbocycles. The molecular formula is C23H29NO6S. The molecule has 2 rings (SSSR count). The van der Waals surface area contributed by atoms with E-state index in [1.54, 1.807) is 27.7 Å². The topological polar surface area (TPSA) is 90.9 Å². The molecule has 0 saturated heterocycles. The maximum absolute atomic E-state index is 12.6. The summed E-state index contributed by atoms with van der Waals surface area (Å²) in [5.41, 5.74) is 1.63. The number of amides is 1. The molecule has 8 heteroatoms. The number of benzene rings is 1. The molecule has 0 radical (unpaired) electrons. The van der Waals surface area contributed by atoms with E-state index in [0.29, 0.717) is 23.6 Å². The number of thiophene rings is 1. The zero-order valence-electron chi connectivity index (χ0n) is 18.6. The van der Waals surface area contributed by atoms with E-state index < -0.39 is 11.9 Å². The quantitative estimate of drug-likeness (QED) is 0.528. The highest BCUT2D eigenvalue weighted by Crippen LogP contribution is 2.34. The van der Waals surface area contributed by atoms with Gasteiger partial charge in [0.2, 0.25) is 5.91 Å². The molecule has 0 aliphatic rings. The van der Waals surface area contributed by atoms with Crippen LogP contribution >= 0.6 is 11.3 Å². The average molecular weight is 448 g/mol. The highest BCUT2D eigenvalue weighted by atomic mass is 32.1. The summed E-state index contributed by atoms with van der Waals surface area (Å²) >= 11 is 1.02. The summed E-state index contributed by atoms with van der Waals surface area (Å²) in [6.45, 7) is 9.54. The Morgan fingerprint density at radius 1 is 1.03 bits per heavy atom. The van der Waals surface area contributed by atoms with E-state index in [0.717, 1.165) is 22.6 Å². The van der Waals surface area contributed by atoms with Crippen LogP contribution in [0.15, 0.2) is 24.3 Å². The summed E-state index contributed by atoms with van der Waals surface area (Å²) in [6.07, 6.45) is 0.450. The van der Waals surface area contributed by atoms with Crippen molar-refractivity contribution in [1.82, 2.24) is 0 Å².